The molecule has 1 aliphatic rings. The second kappa shape index (κ2) is 5.83. The Morgan fingerprint density at radius 1 is 1.25 bits per heavy atom. The lowest BCUT2D eigenvalue weighted by molar-refractivity contribution is -0.121. The number of thiazole rings is 1. The first kappa shape index (κ1) is 15.0. The van der Waals surface area contributed by atoms with Gasteiger partial charge in [0.15, 0.2) is 16.8 Å². The number of anilines is 1. The van der Waals surface area contributed by atoms with E-state index in [1.54, 1.807) is 0 Å². The van der Waals surface area contributed by atoms with Crippen LogP contribution in [0.5, 0.6) is 5.75 Å². The zero-order chi connectivity index (χ0) is 16.7. The van der Waals surface area contributed by atoms with E-state index in [9.17, 15) is 13.6 Å². The average Bonchev–Trinajstić information content (AvgIpc) is 2.95. The molecule has 24 heavy (non-hydrogen) atoms. The van der Waals surface area contributed by atoms with Crippen molar-refractivity contribution in [2.45, 2.75) is 6.42 Å². The fourth-order valence-corrected chi connectivity index (χ4v) is 3.56. The molecule has 2 heterocycles. The van der Waals surface area contributed by atoms with Gasteiger partial charge in [-0.2, -0.15) is 0 Å². The fourth-order valence-electron chi connectivity index (χ4n) is 2.68. The molecule has 0 aliphatic carbocycles. The van der Waals surface area contributed by atoms with Crippen molar-refractivity contribution < 1.29 is 18.3 Å². The summed E-state index contributed by atoms with van der Waals surface area (Å²) >= 11 is 1.11. The predicted molar refractivity (Wildman–Crippen MR) is 87.3 cm³/mol. The van der Waals surface area contributed by atoms with Crippen molar-refractivity contribution in [2.75, 3.05) is 11.9 Å². The third-order valence-corrected chi connectivity index (χ3v) is 4.84. The van der Waals surface area contributed by atoms with Crippen molar-refractivity contribution >= 4 is 32.6 Å². The van der Waals surface area contributed by atoms with Crippen molar-refractivity contribution in [2.24, 2.45) is 5.92 Å². The van der Waals surface area contributed by atoms with Crippen LogP contribution in [-0.4, -0.2) is 17.5 Å². The number of halogens is 2. The summed E-state index contributed by atoms with van der Waals surface area (Å²) < 4.78 is 32.6. The van der Waals surface area contributed by atoms with E-state index in [0.717, 1.165) is 34.8 Å². The van der Waals surface area contributed by atoms with Crippen LogP contribution in [0.3, 0.4) is 0 Å². The quantitative estimate of drug-likeness (QED) is 0.769. The molecule has 0 spiro atoms. The first-order valence-electron chi connectivity index (χ1n) is 7.37. The Morgan fingerprint density at radius 3 is 2.92 bits per heavy atom. The highest BCUT2D eigenvalue weighted by molar-refractivity contribution is 7.22. The molecule has 122 valence electrons. The summed E-state index contributed by atoms with van der Waals surface area (Å²) in [6, 6.07) is 9.70. The van der Waals surface area contributed by atoms with Crippen LogP contribution in [0.2, 0.25) is 0 Å². The Bertz CT molecular complexity index is 902. The third kappa shape index (κ3) is 2.71. The fraction of sp³-hybridized carbons (Fsp3) is 0.176. The molecule has 4 rings (SSSR count). The van der Waals surface area contributed by atoms with E-state index in [0.29, 0.717) is 21.8 Å². The smallest absolute Gasteiger partial charge is 0.233 e. The van der Waals surface area contributed by atoms with E-state index in [1.165, 1.54) is 0 Å². The van der Waals surface area contributed by atoms with Crippen LogP contribution in [0.15, 0.2) is 36.4 Å². The molecule has 1 atom stereocenters. The van der Waals surface area contributed by atoms with Crippen LogP contribution < -0.4 is 10.1 Å². The molecule has 1 aliphatic heterocycles. The van der Waals surface area contributed by atoms with Gasteiger partial charge in [-0.15, -0.1) is 0 Å². The Balaban J connectivity index is 1.52. The highest BCUT2D eigenvalue weighted by Gasteiger charge is 2.26. The molecule has 0 bridgehead atoms. The number of ether oxygens (including phenoxy) is 1. The number of para-hydroxylation sites is 1. The van der Waals surface area contributed by atoms with Gasteiger partial charge in [-0.25, -0.2) is 13.8 Å². The molecular weight excluding hydrogens is 334 g/mol. The van der Waals surface area contributed by atoms with Gasteiger partial charge < -0.3 is 10.1 Å². The van der Waals surface area contributed by atoms with Crippen LogP contribution >= 0.6 is 11.3 Å². The van der Waals surface area contributed by atoms with E-state index in [1.807, 2.05) is 24.3 Å². The number of carbonyl (C=O) groups excluding carboxylic acids is 1. The monoisotopic (exact) mass is 346 g/mol. The van der Waals surface area contributed by atoms with Crippen LogP contribution in [-0.2, 0) is 11.2 Å². The van der Waals surface area contributed by atoms with Crippen molar-refractivity contribution in [1.82, 2.24) is 4.98 Å². The van der Waals surface area contributed by atoms with Crippen molar-refractivity contribution in [3.05, 3.63) is 53.6 Å². The summed E-state index contributed by atoms with van der Waals surface area (Å²) in [4.78, 5) is 16.5. The summed E-state index contributed by atoms with van der Waals surface area (Å²) in [5, 5.41) is 3.03. The van der Waals surface area contributed by atoms with Crippen LogP contribution in [0.4, 0.5) is 13.9 Å². The van der Waals surface area contributed by atoms with Crippen molar-refractivity contribution in [3.8, 4) is 5.75 Å². The van der Waals surface area contributed by atoms with Gasteiger partial charge >= 0.3 is 0 Å². The highest BCUT2D eigenvalue weighted by atomic mass is 32.1. The first-order valence-corrected chi connectivity index (χ1v) is 8.19. The van der Waals surface area contributed by atoms with E-state index in [2.05, 4.69) is 10.3 Å². The minimum absolute atomic E-state index is 0.218. The number of hydrogen-bond donors (Lipinski definition) is 1. The number of nitrogens with zero attached hydrogens (tertiary/aromatic N) is 1. The minimum atomic E-state index is -0.956. The predicted octanol–water partition coefficient (Wildman–Crippen LogP) is 3.76. The van der Waals surface area contributed by atoms with Gasteiger partial charge in [0.05, 0.1) is 16.1 Å². The Morgan fingerprint density at radius 2 is 2.04 bits per heavy atom. The summed E-state index contributed by atoms with van der Waals surface area (Å²) in [7, 11) is 0. The van der Waals surface area contributed by atoms with Gasteiger partial charge in [-0.3, -0.25) is 4.79 Å². The summed E-state index contributed by atoms with van der Waals surface area (Å²) in [6.07, 6.45) is 0.580. The number of benzene rings is 2. The third-order valence-electron chi connectivity index (χ3n) is 3.91. The van der Waals surface area contributed by atoms with Crippen molar-refractivity contribution in [3.63, 3.8) is 0 Å². The van der Waals surface area contributed by atoms with Gasteiger partial charge in [0, 0.05) is 6.07 Å². The summed E-state index contributed by atoms with van der Waals surface area (Å²) in [6.45, 7) is 0.289. The lowest BCUT2D eigenvalue weighted by Gasteiger charge is -2.24. The van der Waals surface area contributed by atoms with Gasteiger partial charge in [0.25, 0.3) is 0 Å². The molecular formula is C17H12F2N2O2S. The maximum absolute atomic E-state index is 13.3. The second-order valence-corrected chi connectivity index (χ2v) is 6.59. The largest absolute Gasteiger partial charge is 0.492 e. The second-order valence-electron chi connectivity index (χ2n) is 5.56. The zero-order valence-electron chi connectivity index (χ0n) is 12.4. The lowest BCUT2D eigenvalue weighted by Crippen LogP contribution is -2.32. The molecule has 0 radical (unpaired) electrons. The average molecular weight is 346 g/mol. The maximum Gasteiger partial charge on any atom is 0.233 e. The number of fused-ring (bicyclic) bond motifs is 2. The molecule has 4 nitrogen and oxygen atoms in total. The molecule has 1 amide bonds. The molecule has 0 saturated heterocycles. The highest BCUT2D eigenvalue weighted by Crippen LogP contribution is 2.30. The Kier molecular flexibility index (Phi) is 3.65. The maximum atomic E-state index is 13.3. The molecule has 3 aromatic rings. The minimum Gasteiger partial charge on any atom is -0.492 e. The number of aromatic nitrogens is 1. The molecule has 1 aromatic heterocycles. The molecule has 0 fully saturated rings. The van der Waals surface area contributed by atoms with Crippen LogP contribution in [0.1, 0.15) is 5.56 Å². The number of hydrogen-bond acceptors (Lipinski definition) is 4. The van der Waals surface area contributed by atoms with E-state index in [4.69, 9.17) is 4.74 Å². The van der Waals surface area contributed by atoms with Gasteiger partial charge in [0.1, 0.15) is 12.4 Å². The summed E-state index contributed by atoms with van der Waals surface area (Å²) in [5.41, 5.74) is 1.30. The number of amides is 1. The molecule has 1 N–H and O–H groups in total. The molecule has 2 aromatic carbocycles. The molecule has 7 heteroatoms. The zero-order valence-corrected chi connectivity index (χ0v) is 13.2. The summed E-state index contributed by atoms with van der Waals surface area (Å²) in [5.74, 6) is -1.64. The number of carbonyl (C=O) groups is 1. The van der Waals surface area contributed by atoms with Crippen LogP contribution in [0, 0.1) is 17.6 Å². The standard InChI is InChI=1S/C17H12F2N2O2S/c18-11-6-13-15(7-12(11)19)24-17(20-13)21-16(22)10-5-9-3-1-2-4-14(9)23-8-10/h1-4,6-7,10H,5,8H2,(H,20,21,22). The van der Waals surface area contributed by atoms with Crippen molar-refractivity contribution in [1.29, 1.82) is 0 Å². The number of nitrogens with one attached hydrogen (secondary N) is 1. The SMILES string of the molecule is O=C(Nc1nc2cc(F)c(F)cc2s1)C1COc2ccccc2C1. The molecule has 1 unspecified atom stereocenters. The van der Waals surface area contributed by atoms with E-state index >= 15 is 0 Å². The van der Waals surface area contributed by atoms with E-state index in [-0.39, 0.29) is 18.4 Å². The normalized spacial score (nSPS) is 16.5. The number of rotatable bonds is 2. The topological polar surface area (TPSA) is 51.2 Å². The van der Waals surface area contributed by atoms with E-state index < -0.39 is 11.6 Å². The van der Waals surface area contributed by atoms with Crippen LogP contribution in [0.25, 0.3) is 10.2 Å². The van der Waals surface area contributed by atoms with Gasteiger partial charge in [0.2, 0.25) is 5.91 Å². The Hall–Kier alpha value is -2.54. The Labute approximate surface area is 140 Å². The first-order chi connectivity index (χ1) is 11.6. The van der Waals surface area contributed by atoms with Gasteiger partial charge in [-0.05, 0) is 24.1 Å². The molecule has 0 saturated carbocycles. The lowest BCUT2D eigenvalue weighted by atomic mass is 9.96. The van der Waals surface area contributed by atoms with Gasteiger partial charge in [-0.1, -0.05) is 29.5 Å².